The van der Waals surface area contributed by atoms with Crippen LogP contribution in [0.15, 0.2) is 36.4 Å². The van der Waals surface area contributed by atoms with E-state index in [4.69, 9.17) is 4.74 Å². The fourth-order valence-corrected chi connectivity index (χ4v) is 2.56. The van der Waals surface area contributed by atoms with Crippen LogP contribution in [0.25, 0.3) is 0 Å². The fourth-order valence-electron chi connectivity index (χ4n) is 2.56. The molecule has 1 unspecified atom stereocenters. The first-order chi connectivity index (χ1) is 10.1. The van der Waals surface area contributed by atoms with Crippen LogP contribution in [0.4, 0.5) is 0 Å². The van der Waals surface area contributed by atoms with Gasteiger partial charge in [0.2, 0.25) is 0 Å². The summed E-state index contributed by atoms with van der Waals surface area (Å²) < 4.78 is 7.26. The lowest BCUT2D eigenvalue weighted by molar-refractivity contribution is -0.122. The lowest BCUT2D eigenvalue weighted by Gasteiger charge is -2.10. The van der Waals surface area contributed by atoms with Crippen LogP contribution in [0.2, 0.25) is 0 Å². The Hall–Kier alpha value is -2.07. The van der Waals surface area contributed by atoms with Crippen LogP contribution in [0.3, 0.4) is 0 Å². The summed E-state index contributed by atoms with van der Waals surface area (Å²) in [5, 5.41) is 2.93. The molecule has 1 aromatic heterocycles. The third-order valence-corrected chi connectivity index (χ3v) is 3.94. The van der Waals surface area contributed by atoms with Gasteiger partial charge in [0.25, 0.3) is 5.91 Å². The van der Waals surface area contributed by atoms with Crippen LogP contribution < -0.4 is 5.32 Å². The van der Waals surface area contributed by atoms with Crippen LogP contribution in [-0.4, -0.2) is 23.2 Å². The van der Waals surface area contributed by atoms with Gasteiger partial charge in [-0.2, -0.15) is 0 Å². The molecule has 1 atom stereocenters. The summed E-state index contributed by atoms with van der Waals surface area (Å²) >= 11 is 0. The van der Waals surface area contributed by atoms with E-state index in [2.05, 4.69) is 54.1 Å². The van der Waals surface area contributed by atoms with Gasteiger partial charge in [-0.1, -0.05) is 30.3 Å². The number of hydrogen-bond donors (Lipinski definition) is 1. The Kier molecular flexibility index (Phi) is 3.80. The first kappa shape index (κ1) is 13.9. The highest BCUT2D eigenvalue weighted by Crippen LogP contribution is 2.17. The summed E-state index contributed by atoms with van der Waals surface area (Å²) in [7, 11) is 0. The molecule has 1 aliphatic heterocycles. The fraction of sp³-hybridized carbons (Fsp3) is 0.353. The quantitative estimate of drug-likeness (QED) is 0.855. The standard InChI is InChI=1S/C17H20N2O2/c1-12-8-15(9-18-17(20)16-11-21-16)13(2)19(12)10-14-6-4-3-5-7-14/h3-8,16H,9-11H2,1-2H3,(H,18,20). The van der Waals surface area contributed by atoms with E-state index in [1.807, 2.05) is 6.07 Å². The van der Waals surface area contributed by atoms with Crippen molar-refractivity contribution in [2.24, 2.45) is 0 Å². The SMILES string of the molecule is Cc1cc(CNC(=O)C2CO2)c(C)n1Cc1ccccc1. The van der Waals surface area contributed by atoms with Gasteiger partial charge < -0.3 is 14.6 Å². The topological polar surface area (TPSA) is 46.6 Å². The first-order valence-electron chi connectivity index (χ1n) is 7.24. The number of epoxide rings is 1. The third-order valence-electron chi connectivity index (χ3n) is 3.94. The van der Waals surface area contributed by atoms with Crippen LogP contribution in [-0.2, 0) is 22.6 Å². The zero-order valence-corrected chi connectivity index (χ0v) is 12.4. The molecule has 0 spiro atoms. The highest BCUT2D eigenvalue weighted by atomic mass is 16.6. The first-order valence-corrected chi connectivity index (χ1v) is 7.24. The summed E-state index contributed by atoms with van der Waals surface area (Å²) in [6, 6.07) is 12.5. The molecule has 0 saturated carbocycles. The van der Waals surface area contributed by atoms with Crippen LogP contribution in [0, 0.1) is 13.8 Å². The molecule has 1 N–H and O–H groups in total. The molecule has 1 fully saturated rings. The maximum Gasteiger partial charge on any atom is 0.251 e. The second-order valence-electron chi connectivity index (χ2n) is 5.51. The molecule has 0 radical (unpaired) electrons. The predicted molar refractivity (Wildman–Crippen MR) is 81.0 cm³/mol. The summed E-state index contributed by atoms with van der Waals surface area (Å²) in [6.45, 7) is 6.18. The maximum absolute atomic E-state index is 11.6. The number of nitrogens with zero attached hydrogens (tertiary/aromatic N) is 1. The van der Waals surface area contributed by atoms with Crippen molar-refractivity contribution in [3.05, 3.63) is 58.9 Å². The second kappa shape index (κ2) is 5.74. The maximum atomic E-state index is 11.6. The molecule has 1 saturated heterocycles. The number of aryl methyl sites for hydroxylation is 1. The predicted octanol–water partition coefficient (Wildman–Crippen LogP) is 2.17. The number of carbonyl (C=O) groups excluding carboxylic acids is 1. The molecule has 110 valence electrons. The number of amides is 1. The summed E-state index contributed by atoms with van der Waals surface area (Å²) in [5.41, 5.74) is 4.86. The van der Waals surface area contributed by atoms with E-state index in [9.17, 15) is 4.79 Å². The summed E-state index contributed by atoms with van der Waals surface area (Å²) in [6.07, 6.45) is -0.224. The van der Waals surface area contributed by atoms with Crippen molar-refractivity contribution in [3.63, 3.8) is 0 Å². The highest BCUT2D eigenvalue weighted by Gasteiger charge is 2.30. The van der Waals surface area contributed by atoms with E-state index in [1.165, 1.54) is 17.0 Å². The number of ether oxygens (including phenoxy) is 1. The highest BCUT2D eigenvalue weighted by molar-refractivity contribution is 5.82. The van der Waals surface area contributed by atoms with E-state index in [1.54, 1.807) is 0 Å². The molecule has 0 aliphatic carbocycles. The Balaban J connectivity index is 1.71. The van der Waals surface area contributed by atoms with Gasteiger partial charge in [-0.15, -0.1) is 0 Å². The van der Waals surface area contributed by atoms with Crippen LogP contribution in [0.5, 0.6) is 0 Å². The van der Waals surface area contributed by atoms with Crippen molar-refractivity contribution < 1.29 is 9.53 Å². The minimum Gasteiger partial charge on any atom is -0.363 e. The van der Waals surface area contributed by atoms with Crippen molar-refractivity contribution in [1.29, 1.82) is 0 Å². The van der Waals surface area contributed by atoms with E-state index in [0.717, 1.165) is 12.1 Å². The Bertz CT molecular complexity index is 642. The van der Waals surface area contributed by atoms with Crippen LogP contribution >= 0.6 is 0 Å². The third kappa shape index (κ3) is 3.16. The Labute approximate surface area is 124 Å². The van der Waals surface area contributed by atoms with Gasteiger partial charge in [-0.05, 0) is 31.0 Å². The molecule has 4 heteroatoms. The Morgan fingerprint density at radius 2 is 2.05 bits per heavy atom. The molecule has 0 bridgehead atoms. The molecule has 1 amide bonds. The van der Waals surface area contributed by atoms with Crippen molar-refractivity contribution in [1.82, 2.24) is 9.88 Å². The van der Waals surface area contributed by atoms with Crippen LogP contribution in [0.1, 0.15) is 22.5 Å². The Morgan fingerprint density at radius 1 is 1.33 bits per heavy atom. The molecule has 1 aromatic carbocycles. The largest absolute Gasteiger partial charge is 0.363 e. The minimum atomic E-state index is -0.224. The molecule has 3 rings (SSSR count). The van der Waals surface area contributed by atoms with Crippen molar-refractivity contribution in [2.75, 3.05) is 6.61 Å². The Morgan fingerprint density at radius 3 is 2.71 bits per heavy atom. The second-order valence-corrected chi connectivity index (χ2v) is 5.51. The van der Waals surface area contributed by atoms with E-state index in [0.29, 0.717) is 13.2 Å². The van der Waals surface area contributed by atoms with Crippen molar-refractivity contribution in [2.45, 2.75) is 33.0 Å². The summed E-state index contributed by atoms with van der Waals surface area (Å²) in [4.78, 5) is 11.6. The van der Waals surface area contributed by atoms with E-state index in [-0.39, 0.29) is 12.0 Å². The lowest BCUT2D eigenvalue weighted by Crippen LogP contribution is -2.27. The van der Waals surface area contributed by atoms with Crippen molar-refractivity contribution in [3.8, 4) is 0 Å². The summed E-state index contributed by atoms with van der Waals surface area (Å²) in [5.74, 6) is -0.0112. The number of rotatable bonds is 5. The van der Waals surface area contributed by atoms with Gasteiger partial charge in [0.1, 0.15) is 0 Å². The van der Waals surface area contributed by atoms with E-state index < -0.39 is 0 Å². The number of nitrogens with one attached hydrogen (secondary N) is 1. The number of carbonyl (C=O) groups is 1. The monoisotopic (exact) mass is 284 g/mol. The molecule has 2 heterocycles. The number of aromatic nitrogens is 1. The van der Waals surface area contributed by atoms with Crippen molar-refractivity contribution >= 4 is 5.91 Å². The molecule has 21 heavy (non-hydrogen) atoms. The van der Waals surface area contributed by atoms with Gasteiger partial charge in [-0.25, -0.2) is 0 Å². The average molecular weight is 284 g/mol. The molecular formula is C17H20N2O2. The van der Waals surface area contributed by atoms with Gasteiger partial charge in [-0.3, -0.25) is 4.79 Å². The minimum absolute atomic E-state index is 0.0112. The lowest BCUT2D eigenvalue weighted by atomic mass is 10.2. The zero-order chi connectivity index (χ0) is 14.8. The zero-order valence-electron chi connectivity index (χ0n) is 12.4. The van der Waals surface area contributed by atoms with Gasteiger partial charge >= 0.3 is 0 Å². The smallest absolute Gasteiger partial charge is 0.251 e. The van der Waals surface area contributed by atoms with E-state index >= 15 is 0 Å². The molecular weight excluding hydrogens is 264 g/mol. The molecule has 1 aliphatic rings. The van der Waals surface area contributed by atoms with Gasteiger partial charge in [0, 0.05) is 24.5 Å². The van der Waals surface area contributed by atoms with Gasteiger partial charge in [0.15, 0.2) is 6.10 Å². The molecule has 4 nitrogen and oxygen atoms in total. The van der Waals surface area contributed by atoms with Gasteiger partial charge in [0.05, 0.1) is 6.61 Å². The molecule has 2 aromatic rings. The average Bonchev–Trinajstić information content (AvgIpc) is 3.30. The number of benzene rings is 1. The number of hydrogen-bond acceptors (Lipinski definition) is 2. The normalized spacial score (nSPS) is 16.8.